The van der Waals surface area contributed by atoms with E-state index in [1.165, 1.54) is 0 Å². The molecule has 0 unspecified atom stereocenters. The molecule has 1 N–H and O–H groups in total. The molecule has 0 atom stereocenters. The fourth-order valence-electron chi connectivity index (χ4n) is 5.15. The number of rotatable bonds is 7. The number of piperidine rings is 1. The summed E-state index contributed by atoms with van der Waals surface area (Å²) in [6.07, 6.45) is 2.95. The number of hydrogen-bond acceptors (Lipinski definition) is 3. The lowest BCUT2D eigenvalue weighted by Crippen LogP contribution is -2.54. The van der Waals surface area contributed by atoms with Crippen LogP contribution in [0.4, 0.5) is 0 Å². The van der Waals surface area contributed by atoms with Gasteiger partial charge in [0.05, 0.1) is 0 Å². The Morgan fingerprint density at radius 2 is 1.41 bits per heavy atom. The van der Waals surface area contributed by atoms with E-state index in [1.807, 2.05) is 79.7 Å². The van der Waals surface area contributed by atoms with E-state index in [1.54, 1.807) is 0 Å². The van der Waals surface area contributed by atoms with Crippen LogP contribution in [0.25, 0.3) is 0 Å². The fraction of sp³-hybridized carbons (Fsp3) is 0.321. The molecule has 4 rings (SSSR count). The normalized spacial score (nSPS) is 16.6. The van der Waals surface area contributed by atoms with Crippen LogP contribution in [0.15, 0.2) is 84.9 Å². The Balaban J connectivity index is 1.90. The van der Waals surface area contributed by atoms with Crippen molar-refractivity contribution in [1.29, 1.82) is 0 Å². The number of benzene rings is 3. The SMILES string of the molecule is CCCC(=O)c1ccc(C2(C(O)(c3ccccc3)c3ccccc3)CCN(Br)CC2)cc1. The summed E-state index contributed by atoms with van der Waals surface area (Å²) in [5.74, 6) is 0.171. The van der Waals surface area contributed by atoms with Gasteiger partial charge < -0.3 is 5.11 Å². The van der Waals surface area contributed by atoms with E-state index in [-0.39, 0.29) is 5.78 Å². The van der Waals surface area contributed by atoms with Crippen molar-refractivity contribution in [3.63, 3.8) is 0 Å². The van der Waals surface area contributed by atoms with Crippen molar-refractivity contribution in [2.24, 2.45) is 0 Å². The molecule has 3 nitrogen and oxygen atoms in total. The lowest BCUT2D eigenvalue weighted by Gasteiger charge is -2.52. The third-order valence-electron chi connectivity index (χ3n) is 6.87. The molecule has 3 aromatic carbocycles. The first-order valence-electron chi connectivity index (χ1n) is 11.4. The number of nitrogens with zero attached hydrogens (tertiary/aromatic N) is 1. The van der Waals surface area contributed by atoms with Crippen LogP contribution >= 0.6 is 16.1 Å². The molecule has 0 spiro atoms. The summed E-state index contributed by atoms with van der Waals surface area (Å²) in [4.78, 5) is 12.4. The van der Waals surface area contributed by atoms with Crippen LogP contribution in [-0.2, 0) is 11.0 Å². The molecule has 3 aromatic rings. The zero-order chi connectivity index (χ0) is 22.6. The maximum Gasteiger partial charge on any atom is 0.162 e. The summed E-state index contributed by atoms with van der Waals surface area (Å²) < 4.78 is 2.14. The van der Waals surface area contributed by atoms with Gasteiger partial charge in [0.1, 0.15) is 5.60 Å². The van der Waals surface area contributed by atoms with E-state index in [9.17, 15) is 9.90 Å². The lowest BCUT2D eigenvalue weighted by molar-refractivity contribution is -0.0313. The van der Waals surface area contributed by atoms with E-state index in [4.69, 9.17) is 0 Å². The van der Waals surface area contributed by atoms with Gasteiger partial charge in [0.15, 0.2) is 5.78 Å². The van der Waals surface area contributed by atoms with Gasteiger partial charge in [-0.3, -0.25) is 4.79 Å². The Hall–Kier alpha value is -2.27. The summed E-state index contributed by atoms with van der Waals surface area (Å²) in [6, 6.07) is 28.0. The van der Waals surface area contributed by atoms with E-state index in [0.717, 1.165) is 54.6 Å². The highest BCUT2D eigenvalue weighted by molar-refractivity contribution is 9.07. The van der Waals surface area contributed by atoms with Gasteiger partial charge in [-0.05, 0) is 36.0 Å². The van der Waals surface area contributed by atoms with Crippen molar-refractivity contribution in [1.82, 2.24) is 3.93 Å². The van der Waals surface area contributed by atoms with Crippen molar-refractivity contribution in [3.05, 3.63) is 107 Å². The van der Waals surface area contributed by atoms with Crippen LogP contribution in [0.2, 0.25) is 0 Å². The predicted octanol–water partition coefficient (Wildman–Crippen LogP) is 6.25. The second kappa shape index (κ2) is 9.70. The predicted molar refractivity (Wildman–Crippen MR) is 133 cm³/mol. The highest BCUT2D eigenvalue weighted by Crippen LogP contribution is 2.53. The van der Waals surface area contributed by atoms with Crippen LogP contribution in [-0.4, -0.2) is 27.9 Å². The monoisotopic (exact) mass is 491 g/mol. The molecule has 0 aromatic heterocycles. The van der Waals surface area contributed by atoms with Gasteiger partial charge in [0.25, 0.3) is 0 Å². The molecule has 1 aliphatic heterocycles. The highest BCUT2D eigenvalue weighted by atomic mass is 79.9. The van der Waals surface area contributed by atoms with Crippen molar-refractivity contribution in [2.75, 3.05) is 13.1 Å². The van der Waals surface area contributed by atoms with Crippen LogP contribution < -0.4 is 0 Å². The van der Waals surface area contributed by atoms with Crippen LogP contribution in [0.1, 0.15) is 59.7 Å². The minimum absolute atomic E-state index is 0.171. The van der Waals surface area contributed by atoms with E-state index in [2.05, 4.69) is 32.2 Å². The fourth-order valence-corrected chi connectivity index (χ4v) is 5.50. The Morgan fingerprint density at radius 3 is 1.88 bits per heavy atom. The number of aliphatic hydroxyl groups is 1. The average Bonchev–Trinajstić information content (AvgIpc) is 2.85. The van der Waals surface area contributed by atoms with Gasteiger partial charge in [-0.25, -0.2) is 3.93 Å². The average molecular weight is 492 g/mol. The summed E-state index contributed by atoms with van der Waals surface area (Å²) in [7, 11) is 0. The minimum Gasteiger partial charge on any atom is -0.379 e. The molecule has 0 aliphatic carbocycles. The summed E-state index contributed by atoms with van der Waals surface area (Å²) in [5.41, 5.74) is 1.85. The standard InChI is InChI=1S/C28H30BrNO2/c1-2-9-26(31)22-14-16-23(17-15-22)27(18-20-30(29)21-19-27)28(32,24-10-5-3-6-11-24)25-12-7-4-8-13-25/h3-8,10-17,32H,2,9,18-21H2,1H3. The molecule has 1 fully saturated rings. The smallest absolute Gasteiger partial charge is 0.162 e. The topological polar surface area (TPSA) is 40.5 Å². The Labute approximate surface area is 199 Å². The maximum absolute atomic E-state index is 12.7. The minimum atomic E-state index is -1.21. The Kier molecular flexibility index (Phi) is 6.94. The van der Waals surface area contributed by atoms with Crippen molar-refractivity contribution in [3.8, 4) is 0 Å². The third kappa shape index (κ3) is 4.07. The number of halogens is 1. The second-order valence-electron chi connectivity index (χ2n) is 8.68. The van der Waals surface area contributed by atoms with E-state index in [0.29, 0.717) is 6.42 Å². The summed E-state index contributed by atoms with van der Waals surface area (Å²) in [5, 5.41) is 12.7. The van der Waals surface area contributed by atoms with Crippen molar-refractivity contribution >= 4 is 21.9 Å². The molecule has 1 aliphatic rings. The largest absolute Gasteiger partial charge is 0.379 e. The van der Waals surface area contributed by atoms with E-state index < -0.39 is 11.0 Å². The Morgan fingerprint density at radius 1 is 0.906 bits per heavy atom. The number of carbonyl (C=O) groups excluding carboxylic acids is 1. The molecule has 0 amide bonds. The van der Waals surface area contributed by atoms with Gasteiger partial charge in [-0.2, -0.15) is 0 Å². The van der Waals surface area contributed by atoms with Crippen LogP contribution in [0.5, 0.6) is 0 Å². The Bertz CT molecular complexity index is 987. The summed E-state index contributed by atoms with van der Waals surface area (Å²) >= 11 is 3.65. The van der Waals surface area contributed by atoms with Gasteiger partial charge >= 0.3 is 0 Å². The molecular formula is C28H30BrNO2. The lowest BCUT2D eigenvalue weighted by atomic mass is 9.57. The van der Waals surface area contributed by atoms with Crippen molar-refractivity contribution in [2.45, 2.75) is 43.6 Å². The molecule has 1 saturated heterocycles. The van der Waals surface area contributed by atoms with Gasteiger partial charge in [-0.15, -0.1) is 0 Å². The first-order chi connectivity index (χ1) is 15.5. The quantitative estimate of drug-likeness (QED) is 0.313. The number of ketones is 1. The van der Waals surface area contributed by atoms with Crippen LogP contribution in [0, 0.1) is 0 Å². The zero-order valence-electron chi connectivity index (χ0n) is 18.5. The molecule has 0 bridgehead atoms. The number of Topliss-reactive ketones (excluding diaryl/α,β-unsaturated/α-hetero) is 1. The molecule has 1 heterocycles. The molecule has 166 valence electrons. The van der Waals surface area contributed by atoms with Gasteiger partial charge in [0, 0.05) is 46.6 Å². The van der Waals surface area contributed by atoms with E-state index >= 15 is 0 Å². The third-order valence-corrected chi connectivity index (χ3v) is 7.58. The maximum atomic E-state index is 12.7. The van der Waals surface area contributed by atoms with Crippen LogP contribution in [0.3, 0.4) is 0 Å². The summed E-state index contributed by atoms with van der Waals surface area (Å²) in [6.45, 7) is 3.66. The number of hydrogen-bond donors (Lipinski definition) is 1. The molecule has 0 radical (unpaired) electrons. The molecule has 32 heavy (non-hydrogen) atoms. The molecular weight excluding hydrogens is 462 g/mol. The first kappa shape index (κ1) is 22.9. The first-order valence-corrected chi connectivity index (χ1v) is 12.1. The second-order valence-corrected chi connectivity index (χ2v) is 9.69. The highest BCUT2D eigenvalue weighted by Gasteiger charge is 2.54. The van der Waals surface area contributed by atoms with Crippen molar-refractivity contribution < 1.29 is 9.90 Å². The number of carbonyl (C=O) groups is 1. The van der Waals surface area contributed by atoms with Gasteiger partial charge in [-0.1, -0.05) is 91.9 Å². The molecule has 0 saturated carbocycles. The zero-order valence-corrected chi connectivity index (χ0v) is 20.1. The molecule has 4 heteroatoms. The van der Waals surface area contributed by atoms with Gasteiger partial charge in [0.2, 0.25) is 0 Å².